The van der Waals surface area contributed by atoms with Gasteiger partial charge in [0.05, 0.1) is 46.8 Å². The number of alkyl halides is 4. The third-order valence-electron chi connectivity index (χ3n) is 9.89. The zero-order valence-corrected chi connectivity index (χ0v) is 29.7. The van der Waals surface area contributed by atoms with Gasteiger partial charge >= 0.3 is 12.2 Å². The van der Waals surface area contributed by atoms with Gasteiger partial charge in [-0.15, -0.1) is 0 Å². The predicted molar refractivity (Wildman–Crippen MR) is 177 cm³/mol. The Morgan fingerprint density at radius 3 is 2.76 bits per heavy atom. The summed E-state index contributed by atoms with van der Waals surface area (Å²) in [5, 5.41) is 4.70. The smallest absolute Gasteiger partial charge is 0.416 e. The summed E-state index contributed by atoms with van der Waals surface area (Å²) in [7, 11) is 3.22. The third-order valence-corrected chi connectivity index (χ3v) is 11.1. The maximum Gasteiger partial charge on any atom is 0.416 e. The largest absolute Gasteiger partial charge is 0.461 e. The van der Waals surface area contributed by atoms with E-state index in [1.54, 1.807) is 41.4 Å². The number of hydrogen-bond acceptors (Lipinski definition) is 8. The van der Waals surface area contributed by atoms with Gasteiger partial charge in [0.1, 0.15) is 24.4 Å². The average molecular weight is 822 g/mol. The Hall–Kier alpha value is -2.83. The zero-order chi connectivity index (χ0) is 34.8. The molecule has 4 aliphatic heterocycles. The summed E-state index contributed by atoms with van der Waals surface area (Å²) in [5.41, 5.74) is -0.542. The zero-order valence-electron chi connectivity index (χ0n) is 26.8. The fourth-order valence-electron chi connectivity index (χ4n) is 7.53. The standard InChI is InChI=1S/C32H34ClF5IN7O3/c1-43(2)29(47)27-25(33)22-14-44(8-4-10-46(22)42-27)28-18-15-48-23(24-19(32(36,37)38)5-6-20(39)26(24)35)11-21(18)40-30(41-28)49-16-31-7-3-9-45(31)13-17(34)12-31/h5-6,17,23H,3-4,7-16H2,1-2H3/t17-,23+,31+/m1/s1. The van der Waals surface area contributed by atoms with Gasteiger partial charge in [0.25, 0.3) is 5.91 Å². The second-order valence-electron chi connectivity index (χ2n) is 13.3. The highest BCUT2D eigenvalue weighted by atomic mass is 127. The molecule has 0 aliphatic carbocycles. The minimum atomic E-state index is -4.81. The molecular formula is C32H34ClF5IN7O3. The van der Waals surface area contributed by atoms with E-state index in [2.05, 4.69) is 15.0 Å². The van der Waals surface area contributed by atoms with E-state index >= 15 is 4.39 Å². The summed E-state index contributed by atoms with van der Waals surface area (Å²) < 4.78 is 86.3. The van der Waals surface area contributed by atoms with Crippen LogP contribution in [0.25, 0.3) is 0 Å². The van der Waals surface area contributed by atoms with Crippen LogP contribution in [-0.2, 0) is 37.0 Å². The molecule has 264 valence electrons. The first-order valence-electron chi connectivity index (χ1n) is 16.1. The maximum atomic E-state index is 15.4. The van der Waals surface area contributed by atoms with Crippen molar-refractivity contribution in [3.63, 3.8) is 0 Å². The van der Waals surface area contributed by atoms with Gasteiger partial charge in [0.15, 0.2) is 5.69 Å². The van der Waals surface area contributed by atoms with E-state index in [1.807, 2.05) is 4.90 Å². The molecule has 6 heterocycles. The van der Waals surface area contributed by atoms with Crippen molar-refractivity contribution < 1.29 is 36.2 Å². The first-order valence-corrected chi connectivity index (χ1v) is 17.5. The number of nitrogens with zero attached hydrogens (tertiary/aromatic N) is 7. The van der Waals surface area contributed by atoms with Gasteiger partial charge in [-0.25, -0.2) is 8.78 Å². The molecule has 1 aromatic carbocycles. The van der Waals surface area contributed by atoms with Crippen molar-refractivity contribution in [2.45, 2.75) is 75.8 Å². The van der Waals surface area contributed by atoms with Crippen LogP contribution in [0.4, 0.5) is 27.8 Å². The highest BCUT2D eigenvalue weighted by Crippen LogP contribution is 2.44. The molecule has 2 saturated heterocycles. The van der Waals surface area contributed by atoms with Crippen LogP contribution in [0.5, 0.6) is 6.01 Å². The van der Waals surface area contributed by atoms with Crippen LogP contribution >= 0.6 is 34.2 Å². The van der Waals surface area contributed by atoms with Gasteiger partial charge in [-0.3, -0.25) is 14.4 Å². The first kappa shape index (κ1) is 34.6. The lowest BCUT2D eigenvalue weighted by Gasteiger charge is -2.33. The Kier molecular flexibility index (Phi) is 9.22. The molecule has 49 heavy (non-hydrogen) atoms. The molecule has 0 saturated carbocycles. The van der Waals surface area contributed by atoms with Crippen LogP contribution in [0.3, 0.4) is 0 Å². The van der Waals surface area contributed by atoms with Gasteiger partial charge in [0.2, 0.25) is 0 Å². The summed E-state index contributed by atoms with van der Waals surface area (Å²) >= 11 is 8.40. The summed E-state index contributed by atoms with van der Waals surface area (Å²) in [4.78, 5) is 27.7. The number of anilines is 1. The van der Waals surface area contributed by atoms with Crippen molar-refractivity contribution in [2.75, 3.05) is 45.2 Å². The molecule has 3 aromatic rings. The molecule has 2 fully saturated rings. The third kappa shape index (κ3) is 6.35. The molecule has 4 aliphatic rings. The van der Waals surface area contributed by atoms with Crippen molar-refractivity contribution in [3.8, 4) is 6.01 Å². The SMILES string of the molecule is CN(C)C(=O)c1nn2c(c1Cl)CN(c1nc(OC[C@@]34CCCN3C[C@H](F)C4)nc3c1CO[C@H](c1c(C(F)(F)F)ccc(I)c1F)C3)CCC2. The molecule has 2 aromatic heterocycles. The second kappa shape index (κ2) is 13.1. The van der Waals surface area contributed by atoms with Gasteiger partial charge in [-0.1, -0.05) is 11.6 Å². The van der Waals surface area contributed by atoms with Crippen LogP contribution in [0.2, 0.25) is 5.02 Å². The minimum Gasteiger partial charge on any atom is -0.461 e. The van der Waals surface area contributed by atoms with Gasteiger partial charge < -0.3 is 19.3 Å². The van der Waals surface area contributed by atoms with E-state index in [4.69, 9.17) is 26.1 Å². The predicted octanol–water partition coefficient (Wildman–Crippen LogP) is 5.97. The van der Waals surface area contributed by atoms with Crippen LogP contribution in [0.15, 0.2) is 12.1 Å². The van der Waals surface area contributed by atoms with Crippen LogP contribution in [-0.4, -0.2) is 87.5 Å². The topological polar surface area (TPSA) is 88.9 Å². The minimum absolute atomic E-state index is 0.00980. The molecule has 17 heteroatoms. The van der Waals surface area contributed by atoms with Gasteiger partial charge in [-0.2, -0.15) is 28.2 Å². The number of hydrogen-bond donors (Lipinski definition) is 0. The molecular weight excluding hydrogens is 788 g/mol. The van der Waals surface area contributed by atoms with Crippen molar-refractivity contribution in [2.24, 2.45) is 0 Å². The Balaban J connectivity index is 1.27. The number of aromatic nitrogens is 4. The average Bonchev–Trinajstić information content (AvgIpc) is 3.62. The Bertz CT molecular complexity index is 1790. The van der Waals surface area contributed by atoms with E-state index in [-0.39, 0.29) is 52.4 Å². The Labute approximate surface area is 298 Å². The first-order chi connectivity index (χ1) is 23.3. The van der Waals surface area contributed by atoms with Gasteiger partial charge in [-0.05, 0) is 60.5 Å². The number of carbonyl (C=O) groups is 1. The lowest BCUT2D eigenvalue weighted by Crippen LogP contribution is -2.43. The molecule has 0 spiro atoms. The highest BCUT2D eigenvalue weighted by Gasteiger charge is 2.49. The number of ether oxygens (including phenoxy) is 2. The summed E-state index contributed by atoms with van der Waals surface area (Å²) in [6.45, 7) is 2.25. The second-order valence-corrected chi connectivity index (χ2v) is 14.8. The number of benzene rings is 1. The molecule has 0 bridgehead atoms. The fourth-order valence-corrected chi connectivity index (χ4v) is 8.28. The maximum absolute atomic E-state index is 15.4. The molecule has 10 nitrogen and oxygen atoms in total. The van der Waals surface area contributed by atoms with Crippen molar-refractivity contribution in [1.29, 1.82) is 0 Å². The van der Waals surface area contributed by atoms with Crippen LogP contribution in [0.1, 0.15) is 70.4 Å². The quantitative estimate of drug-likeness (QED) is 0.222. The number of fused-ring (bicyclic) bond motifs is 3. The molecule has 0 unspecified atom stereocenters. The number of carbonyl (C=O) groups excluding carboxylic acids is 1. The Morgan fingerprint density at radius 2 is 2.00 bits per heavy atom. The molecule has 0 N–H and O–H groups in total. The Morgan fingerprint density at radius 1 is 1.20 bits per heavy atom. The summed E-state index contributed by atoms with van der Waals surface area (Å²) in [6, 6.07) is 1.95. The van der Waals surface area contributed by atoms with E-state index in [0.29, 0.717) is 55.2 Å². The lowest BCUT2D eigenvalue weighted by molar-refractivity contribution is -0.140. The van der Waals surface area contributed by atoms with E-state index in [1.165, 1.54) is 4.90 Å². The van der Waals surface area contributed by atoms with E-state index in [9.17, 15) is 22.4 Å². The number of rotatable bonds is 6. The number of aryl methyl sites for hydroxylation is 1. The fraction of sp³-hybridized carbons (Fsp3) is 0.562. The number of amides is 1. The highest BCUT2D eigenvalue weighted by molar-refractivity contribution is 14.1. The van der Waals surface area contributed by atoms with Crippen LogP contribution < -0.4 is 9.64 Å². The summed E-state index contributed by atoms with van der Waals surface area (Å²) in [5.74, 6) is -0.898. The lowest BCUT2D eigenvalue weighted by atomic mass is 9.94. The van der Waals surface area contributed by atoms with Gasteiger partial charge in [0, 0.05) is 61.3 Å². The van der Waals surface area contributed by atoms with E-state index < -0.39 is 40.9 Å². The number of halogens is 7. The molecule has 7 rings (SSSR count). The molecule has 1 amide bonds. The van der Waals surface area contributed by atoms with Crippen molar-refractivity contribution in [1.82, 2.24) is 29.5 Å². The van der Waals surface area contributed by atoms with Crippen molar-refractivity contribution >= 4 is 45.9 Å². The van der Waals surface area contributed by atoms with E-state index in [0.717, 1.165) is 31.5 Å². The van der Waals surface area contributed by atoms with Crippen LogP contribution in [0, 0.1) is 9.39 Å². The molecule has 3 atom stereocenters. The van der Waals surface area contributed by atoms with Crippen molar-refractivity contribution in [3.05, 3.63) is 60.3 Å². The summed E-state index contributed by atoms with van der Waals surface area (Å²) in [6.07, 6.45) is -4.61. The normalized spacial score (nSPS) is 24.0. The monoisotopic (exact) mass is 821 g/mol. The molecule has 0 radical (unpaired) electrons.